The second-order valence-electron chi connectivity index (χ2n) is 6.97. The predicted molar refractivity (Wildman–Crippen MR) is 108 cm³/mol. The van der Waals surface area contributed by atoms with Crippen LogP contribution in [0.25, 0.3) is 11.6 Å². The predicted octanol–water partition coefficient (Wildman–Crippen LogP) is 1.30. The number of nitrogens with zero attached hydrogens (tertiary/aromatic N) is 2. The number of hydrogen-bond acceptors (Lipinski definition) is 5. The number of aromatic nitrogens is 2. The van der Waals surface area contributed by atoms with E-state index in [2.05, 4.69) is 15.3 Å². The third kappa shape index (κ3) is 3.43. The Hall–Kier alpha value is -3.00. The topological polar surface area (TPSA) is 99.5 Å². The molecule has 4 rings (SSSR count). The Bertz CT molecular complexity index is 1240. The van der Waals surface area contributed by atoms with Crippen LogP contribution in [0.2, 0.25) is 0 Å². The van der Waals surface area contributed by atoms with Crippen LogP contribution < -0.4 is 21.5 Å². The summed E-state index contributed by atoms with van der Waals surface area (Å²) < 4.78 is 1.83. The number of aromatic amines is 1. The minimum absolute atomic E-state index is 0.102. The average molecular weight is 396 g/mol. The zero-order valence-electron chi connectivity index (χ0n) is 15.4. The monoisotopic (exact) mass is 396 g/mol. The van der Waals surface area contributed by atoms with E-state index in [0.717, 1.165) is 29.0 Å². The van der Waals surface area contributed by atoms with Crippen molar-refractivity contribution in [1.82, 2.24) is 14.9 Å². The van der Waals surface area contributed by atoms with Gasteiger partial charge in [-0.15, -0.1) is 0 Å². The molecule has 2 aliphatic rings. The largest absolute Gasteiger partial charge is 0.494 e. The van der Waals surface area contributed by atoms with E-state index in [9.17, 15) is 14.7 Å². The van der Waals surface area contributed by atoms with E-state index in [4.69, 9.17) is 12.2 Å². The highest BCUT2D eigenvalue weighted by molar-refractivity contribution is 7.71. The van der Waals surface area contributed by atoms with Crippen LogP contribution in [0.15, 0.2) is 39.7 Å². The number of nitrogens with one attached hydrogen (secondary N) is 2. The van der Waals surface area contributed by atoms with Crippen molar-refractivity contribution in [1.29, 1.82) is 0 Å². The summed E-state index contributed by atoms with van der Waals surface area (Å²) in [4.78, 5) is 31.0. The number of benzene rings is 1. The van der Waals surface area contributed by atoms with Gasteiger partial charge < -0.3 is 10.4 Å². The molecule has 0 spiro atoms. The van der Waals surface area contributed by atoms with Crippen LogP contribution in [0.3, 0.4) is 0 Å². The number of para-hydroxylation sites is 1. The lowest BCUT2D eigenvalue weighted by atomic mass is 10.1. The Morgan fingerprint density at radius 1 is 1.43 bits per heavy atom. The number of amides is 1. The minimum Gasteiger partial charge on any atom is -0.494 e. The van der Waals surface area contributed by atoms with Crippen LogP contribution in [0.4, 0.5) is 0 Å². The van der Waals surface area contributed by atoms with Gasteiger partial charge in [0.05, 0.1) is 11.1 Å². The van der Waals surface area contributed by atoms with Crippen molar-refractivity contribution >= 4 is 29.8 Å². The van der Waals surface area contributed by atoms with E-state index in [1.807, 2.05) is 24.3 Å². The summed E-state index contributed by atoms with van der Waals surface area (Å²) in [7, 11) is 0. The lowest BCUT2D eigenvalue weighted by Gasteiger charge is -2.11. The van der Waals surface area contributed by atoms with E-state index in [1.165, 1.54) is 6.92 Å². The molecule has 144 valence electrons. The second-order valence-corrected chi connectivity index (χ2v) is 7.35. The molecule has 1 amide bonds. The van der Waals surface area contributed by atoms with Gasteiger partial charge in [-0.3, -0.25) is 19.1 Å². The molecule has 0 unspecified atom stereocenters. The summed E-state index contributed by atoms with van der Waals surface area (Å²) in [6, 6.07) is 7.81. The molecule has 0 radical (unpaired) electrons. The van der Waals surface area contributed by atoms with E-state index < -0.39 is 5.56 Å². The van der Waals surface area contributed by atoms with E-state index >= 15 is 0 Å². The molecule has 2 heterocycles. The maximum atomic E-state index is 12.5. The second kappa shape index (κ2) is 7.20. The summed E-state index contributed by atoms with van der Waals surface area (Å²) in [5, 5.41) is 15.2. The van der Waals surface area contributed by atoms with Crippen molar-refractivity contribution in [3.8, 4) is 5.88 Å². The summed E-state index contributed by atoms with van der Waals surface area (Å²) >= 11 is 5.21. The lowest BCUT2D eigenvalue weighted by Crippen LogP contribution is -2.25. The van der Waals surface area contributed by atoms with E-state index in [1.54, 1.807) is 10.6 Å². The van der Waals surface area contributed by atoms with Gasteiger partial charge in [0.1, 0.15) is 5.56 Å². The Labute approximate surface area is 165 Å². The molecule has 0 saturated heterocycles. The highest BCUT2D eigenvalue weighted by atomic mass is 32.1. The smallest absolute Gasteiger partial charge is 0.262 e. The van der Waals surface area contributed by atoms with Gasteiger partial charge in [-0.05, 0) is 49.2 Å². The van der Waals surface area contributed by atoms with Crippen LogP contribution in [0, 0.1) is 4.77 Å². The molecule has 28 heavy (non-hydrogen) atoms. The normalized spacial score (nSPS) is 16.8. The summed E-state index contributed by atoms with van der Waals surface area (Å²) in [6.07, 6.45) is 4.01. The van der Waals surface area contributed by atoms with Gasteiger partial charge in [0.2, 0.25) is 11.8 Å². The number of rotatable bonds is 5. The first-order valence-electron chi connectivity index (χ1n) is 9.17. The van der Waals surface area contributed by atoms with E-state index in [0.29, 0.717) is 18.7 Å². The molecule has 1 aromatic heterocycles. The Balaban J connectivity index is 1.82. The number of aromatic hydroxyl groups is 1. The zero-order valence-corrected chi connectivity index (χ0v) is 16.2. The van der Waals surface area contributed by atoms with Gasteiger partial charge >= 0.3 is 0 Å². The molecule has 1 fully saturated rings. The first kappa shape index (κ1) is 18.4. The number of carbonyl (C=O) groups is 1. The van der Waals surface area contributed by atoms with Gasteiger partial charge in [-0.2, -0.15) is 0 Å². The highest BCUT2D eigenvalue weighted by Crippen LogP contribution is 2.38. The molecule has 3 N–H and O–H groups in total. The third-order valence-electron chi connectivity index (χ3n) is 4.87. The number of allylic oxidation sites excluding steroid dienone is 1. The van der Waals surface area contributed by atoms with Crippen LogP contribution >= 0.6 is 12.2 Å². The van der Waals surface area contributed by atoms with Crippen LogP contribution in [0.1, 0.15) is 37.8 Å². The summed E-state index contributed by atoms with van der Waals surface area (Å²) in [5.74, 6) is -0.230. The van der Waals surface area contributed by atoms with Gasteiger partial charge in [-0.25, -0.2) is 4.99 Å². The maximum absolute atomic E-state index is 12.5. The Morgan fingerprint density at radius 2 is 2.18 bits per heavy atom. The first-order valence-corrected chi connectivity index (χ1v) is 9.58. The molecule has 0 atom stereocenters. The average Bonchev–Trinajstić information content (AvgIpc) is 3.41. The molecule has 8 heteroatoms. The van der Waals surface area contributed by atoms with Gasteiger partial charge in [0, 0.05) is 24.7 Å². The third-order valence-corrected chi connectivity index (χ3v) is 5.17. The maximum Gasteiger partial charge on any atom is 0.262 e. The molecule has 1 aliphatic carbocycles. The van der Waals surface area contributed by atoms with Crippen molar-refractivity contribution in [2.24, 2.45) is 4.99 Å². The lowest BCUT2D eigenvalue weighted by molar-refractivity contribution is -0.118. The quantitative estimate of drug-likeness (QED) is 0.664. The fourth-order valence-corrected chi connectivity index (χ4v) is 3.73. The Kier molecular flexibility index (Phi) is 4.72. The Morgan fingerprint density at radius 3 is 2.89 bits per heavy atom. The fraction of sp³-hybridized carbons (Fsp3) is 0.300. The molecule has 0 bridgehead atoms. The van der Waals surface area contributed by atoms with Crippen molar-refractivity contribution < 1.29 is 9.90 Å². The number of carbonyl (C=O) groups excluding carboxylic acids is 1. The van der Waals surface area contributed by atoms with Crippen molar-refractivity contribution in [2.45, 2.75) is 32.2 Å². The van der Waals surface area contributed by atoms with Crippen LogP contribution in [0.5, 0.6) is 5.88 Å². The van der Waals surface area contributed by atoms with Crippen molar-refractivity contribution in [3.63, 3.8) is 0 Å². The fourth-order valence-electron chi connectivity index (χ4n) is 3.40. The summed E-state index contributed by atoms with van der Waals surface area (Å²) in [5.41, 5.74) is 1.22. The number of fused-ring (bicyclic) bond motifs is 1. The molecule has 1 saturated carbocycles. The van der Waals surface area contributed by atoms with Crippen LogP contribution in [-0.4, -0.2) is 27.1 Å². The molecular weight excluding hydrogens is 376 g/mol. The zero-order chi connectivity index (χ0) is 19.8. The SMILES string of the molecule is CC(=O)NCCC1=c2ccccc2=N/C1=C\c1c(O)n(C2CC2)c(=S)[nH]c1=O. The number of hydrogen-bond donors (Lipinski definition) is 3. The molecule has 7 nitrogen and oxygen atoms in total. The first-order chi connectivity index (χ1) is 13.5. The minimum atomic E-state index is -0.445. The molecular formula is C20H20N4O3S. The standard InChI is InChI=1S/C20H20N4O3S/c1-11(25)21-9-8-14-13-4-2-3-5-16(13)22-17(14)10-15-18(26)23-20(28)24(19(15)27)12-6-7-12/h2-5,10,12,27H,6-9H2,1H3,(H,21,25)(H,23,26,28)/b17-10-. The van der Waals surface area contributed by atoms with Crippen LogP contribution in [-0.2, 0) is 4.79 Å². The van der Waals surface area contributed by atoms with Gasteiger partial charge in [0.15, 0.2) is 4.77 Å². The molecule has 1 aromatic carbocycles. The van der Waals surface area contributed by atoms with E-state index in [-0.39, 0.29) is 28.2 Å². The highest BCUT2D eigenvalue weighted by Gasteiger charge is 2.28. The van der Waals surface area contributed by atoms with Crippen molar-refractivity contribution in [3.05, 3.63) is 61.2 Å². The number of H-pyrrole nitrogens is 1. The summed E-state index contributed by atoms with van der Waals surface area (Å²) in [6.45, 7) is 1.93. The molecule has 2 aromatic rings. The molecule has 1 aliphatic heterocycles. The van der Waals surface area contributed by atoms with Gasteiger partial charge in [-0.1, -0.05) is 18.2 Å². The van der Waals surface area contributed by atoms with Gasteiger partial charge in [0.25, 0.3) is 5.56 Å². The van der Waals surface area contributed by atoms with Crippen molar-refractivity contribution in [2.75, 3.05) is 6.54 Å².